The molecule has 0 saturated heterocycles. The lowest BCUT2D eigenvalue weighted by Crippen LogP contribution is -2.58. The number of aryl methyl sites for hydroxylation is 1. The van der Waals surface area contributed by atoms with Gasteiger partial charge in [0.2, 0.25) is 5.60 Å². The van der Waals surface area contributed by atoms with Gasteiger partial charge in [-0.2, -0.15) is 5.48 Å². The van der Waals surface area contributed by atoms with E-state index >= 15 is 0 Å². The monoisotopic (exact) mass is 503 g/mol. The van der Waals surface area contributed by atoms with Gasteiger partial charge in [-0.1, -0.05) is 22.4 Å². The van der Waals surface area contributed by atoms with Gasteiger partial charge in [0, 0.05) is 16.4 Å². The van der Waals surface area contributed by atoms with Crippen LogP contribution in [-0.4, -0.2) is 41.5 Å². The van der Waals surface area contributed by atoms with Gasteiger partial charge in [-0.05, 0) is 89.6 Å². The zero-order chi connectivity index (χ0) is 27.1. The third-order valence-corrected chi connectivity index (χ3v) is 5.09. The van der Waals surface area contributed by atoms with Crippen LogP contribution in [0.25, 0.3) is 20.9 Å². The third-order valence-electron chi connectivity index (χ3n) is 5.09. The molecule has 1 aromatic rings. The molecule has 1 amide bonds. The number of rotatable bonds is 8. The zero-order valence-electron chi connectivity index (χ0n) is 21.6. The SMILES string of the molecule is CC(C)(C)OC(=O)NO[C@](C)(C(=O)OC(C)(C)C)[C@H]1CCc2cc([C@@H](CN=[N+]=[N-])N=[N+]=[N-])ccc2O1. The number of azide groups is 2. The van der Waals surface area contributed by atoms with Crippen LogP contribution in [0, 0.1) is 0 Å². The molecule has 196 valence electrons. The summed E-state index contributed by atoms with van der Waals surface area (Å²) in [5.41, 5.74) is 17.8. The highest BCUT2D eigenvalue weighted by Gasteiger charge is 2.50. The molecule has 0 fully saturated rings. The van der Waals surface area contributed by atoms with E-state index in [4.69, 9.17) is 30.1 Å². The summed E-state index contributed by atoms with van der Waals surface area (Å²) in [5.74, 6) is -0.219. The lowest BCUT2D eigenvalue weighted by molar-refractivity contribution is -0.205. The normalized spacial score (nSPS) is 17.6. The van der Waals surface area contributed by atoms with Crippen LogP contribution in [0.15, 0.2) is 28.4 Å². The molecule has 0 aliphatic carbocycles. The highest BCUT2D eigenvalue weighted by molar-refractivity contribution is 5.81. The summed E-state index contributed by atoms with van der Waals surface area (Å²) in [7, 11) is 0. The molecule has 3 atom stereocenters. The van der Waals surface area contributed by atoms with Gasteiger partial charge in [-0.25, -0.2) is 14.4 Å². The topological polar surface area (TPSA) is 181 Å². The number of carbonyl (C=O) groups is 2. The van der Waals surface area contributed by atoms with E-state index in [0.717, 1.165) is 5.56 Å². The summed E-state index contributed by atoms with van der Waals surface area (Å²) in [4.78, 5) is 36.6. The maximum absolute atomic E-state index is 13.2. The van der Waals surface area contributed by atoms with Gasteiger partial charge < -0.3 is 14.2 Å². The van der Waals surface area contributed by atoms with Crippen LogP contribution < -0.4 is 10.2 Å². The standard InChI is InChI=1S/C23H33N7O6/c1-21(2,3)34-19(31)23(7,36-28-20(32)35-22(4,5)6)18-11-9-15-12-14(8-10-17(15)33-18)16(27-30-25)13-26-29-24/h8,10,12,16,18H,9,11,13H2,1-7H3,(H,28,32)/t16-,18-,23+/m1/s1. The highest BCUT2D eigenvalue weighted by atomic mass is 16.7. The van der Waals surface area contributed by atoms with Crippen LogP contribution in [0.1, 0.15) is 72.1 Å². The van der Waals surface area contributed by atoms with Crippen LogP contribution in [0.3, 0.4) is 0 Å². The smallest absolute Gasteiger partial charge is 0.431 e. The van der Waals surface area contributed by atoms with Crippen LogP contribution in [-0.2, 0) is 25.5 Å². The van der Waals surface area contributed by atoms with Gasteiger partial charge in [0.1, 0.15) is 23.1 Å². The first-order valence-corrected chi connectivity index (χ1v) is 11.4. The molecule has 36 heavy (non-hydrogen) atoms. The Balaban J connectivity index is 2.30. The maximum Gasteiger partial charge on any atom is 0.431 e. The Labute approximate surface area is 209 Å². The van der Waals surface area contributed by atoms with E-state index in [9.17, 15) is 9.59 Å². The number of carbonyl (C=O) groups excluding carboxylic acids is 2. The van der Waals surface area contributed by atoms with Crippen LogP contribution in [0.5, 0.6) is 5.75 Å². The second-order valence-electron chi connectivity index (χ2n) is 10.5. The van der Waals surface area contributed by atoms with E-state index in [1.54, 1.807) is 53.7 Å². The molecule has 13 nitrogen and oxygen atoms in total. The minimum atomic E-state index is -1.70. The van der Waals surface area contributed by atoms with Crippen molar-refractivity contribution in [1.82, 2.24) is 5.48 Å². The highest BCUT2D eigenvalue weighted by Crippen LogP contribution is 2.36. The fraction of sp³-hybridized carbons (Fsp3) is 0.652. The van der Waals surface area contributed by atoms with Crippen LogP contribution in [0.4, 0.5) is 4.79 Å². The Hall–Kier alpha value is -3.66. The molecule has 0 radical (unpaired) electrons. The van der Waals surface area contributed by atoms with E-state index in [-0.39, 0.29) is 6.54 Å². The quantitative estimate of drug-likeness (QED) is 0.158. The number of ether oxygens (including phenoxy) is 3. The summed E-state index contributed by atoms with van der Waals surface area (Å²) in [6.45, 7) is 11.7. The van der Waals surface area contributed by atoms with Crippen molar-refractivity contribution in [2.24, 2.45) is 10.2 Å². The second-order valence-corrected chi connectivity index (χ2v) is 10.5. The Morgan fingerprint density at radius 2 is 1.78 bits per heavy atom. The number of hydroxylamine groups is 1. The van der Waals surface area contributed by atoms with E-state index in [1.165, 1.54) is 6.92 Å². The van der Waals surface area contributed by atoms with Crippen molar-refractivity contribution in [3.05, 3.63) is 50.2 Å². The summed E-state index contributed by atoms with van der Waals surface area (Å²) in [6, 6.07) is 4.52. The number of benzene rings is 1. The van der Waals surface area contributed by atoms with Gasteiger partial charge >= 0.3 is 12.1 Å². The first kappa shape index (κ1) is 28.6. The summed E-state index contributed by atoms with van der Waals surface area (Å²) >= 11 is 0. The van der Waals surface area contributed by atoms with E-state index < -0.39 is 41.0 Å². The molecule has 1 aliphatic heterocycles. The van der Waals surface area contributed by atoms with E-state index in [1.807, 2.05) is 6.07 Å². The molecule has 1 aromatic carbocycles. The van der Waals surface area contributed by atoms with Gasteiger partial charge in [-0.15, -0.1) is 0 Å². The van der Waals surface area contributed by atoms with Crippen LogP contribution >= 0.6 is 0 Å². The number of nitrogens with one attached hydrogen (secondary N) is 1. The summed E-state index contributed by atoms with van der Waals surface area (Å²) < 4.78 is 16.9. The molecule has 13 heteroatoms. The Kier molecular flexibility index (Phi) is 9.04. The number of nitrogens with zero attached hydrogens (tertiary/aromatic N) is 6. The van der Waals surface area contributed by atoms with Crippen molar-refractivity contribution in [3.63, 3.8) is 0 Å². The van der Waals surface area contributed by atoms with Gasteiger partial charge in [0.05, 0.1) is 6.04 Å². The molecule has 2 rings (SSSR count). The molecule has 0 unspecified atom stereocenters. The minimum absolute atomic E-state index is 0.0241. The molecular weight excluding hydrogens is 470 g/mol. The molecule has 0 bridgehead atoms. The lowest BCUT2D eigenvalue weighted by Gasteiger charge is -2.39. The molecule has 1 aliphatic rings. The molecule has 0 spiro atoms. The van der Waals surface area contributed by atoms with Crippen molar-refractivity contribution in [1.29, 1.82) is 0 Å². The van der Waals surface area contributed by atoms with Crippen molar-refractivity contribution in [3.8, 4) is 5.75 Å². The Bertz CT molecular complexity index is 1070. The lowest BCUT2D eigenvalue weighted by atomic mass is 9.89. The molecule has 0 aromatic heterocycles. The Morgan fingerprint density at radius 1 is 1.11 bits per heavy atom. The maximum atomic E-state index is 13.2. The second kappa shape index (κ2) is 11.4. The third kappa shape index (κ3) is 7.94. The summed E-state index contributed by atoms with van der Waals surface area (Å²) in [6.07, 6.45) is -0.823. The van der Waals surface area contributed by atoms with E-state index in [2.05, 4.69) is 25.5 Å². The average molecular weight is 504 g/mol. The predicted octanol–water partition coefficient (Wildman–Crippen LogP) is 5.60. The number of fused-ring (bicyclic) bond motifs is 1. The number of amides is 1. The zero-order valence-corrected chi connectivity index (χ0v) is 21.6. The van der Waals surface area contributed by atoms with Crippen molar-refractivity contribution < 1.29 is 28.6 Å². The molecule has 1 heterocycles. The van der Waals surface area contributed by atoms with Gasteiger partial charge in [-0.3, -0.25) is 0 Å². The van der Waals surface area contributed by atoms with Gasteiger partial charge in [0.25, 0.3) is 0 Å². The number of esters is 1. The van der Waals surface area contributed by atoms with Crippen molar-refractivity contribution in [2.45, 2.75) is 90.3 Å². The number of hydrogen-bond acceptors (Lipinski definition) is 8. The molecule has 0 saturated carbocycles. The first-order chi connectivity index (χ1) is 16.7. The predicted molar refractivity (Wildman–Crippen MR) is 130 cm³/mol. The first-order valence-electron chi connectivity index (χ1n) is 11.4. The van der Waals surface area contributed by atoms with Crippen molar-refractivity contribution >= 4 is 12.1 Å². The Morgan fingerprint density at radius 3 is 2.36 bits per heavy atom. The van der Waals surface area contributed by atoms with Crippen LogP contribution in [0.2, 0.25) is 0 Å². The molecule has 1 N–H and O–H groups in total. The fourth-order valence-electron chi connectivity index (χ4n) is 3.45. The van der Waals surface area contributed by atoms with E-state index in [0.29, 0.717) is 24.2 Å². The van der Waals surface area contributed by atoms with Crippen molar-refractivity contribution in [2.75, 3.05) is 6.54 Å². The van der Waals surface area contributed by atoms with Gasteiger partial charge in [0.15, 0.2) is 0 Å². The number of hydrogen-bond donors (Lipinski definition) is 1. The fourth-order valence-corrected chi connectivity index (χ4v) is 3.45. The average Bonchev–Trinajstić information content (AvgIpc) is 2.77. The molecular formula is C23H33N7O6. The summed E-state index contributed by atoms with van der Waals surface area (Å²) in [5, 5.41) is 7.20. The minimum Gasteiger partial charge on any atom is -0.486 e. The largest absolute Gasteiger partial charge is 0.486 e.